The second kappa shape index (κ2) is 9.72. The SMILES string of the molecule is CCOC(=O)c1nc2ccccc2nc1N1CCCN(S(=O)(=O)c2ccc(OC)cc2)CC1. The van der Waals surface area contributed by atoms with Crippen molar-refractivity contribution < 1.29 is 22.7 Å². The van der Waals surface area contributed by atoms with Gasteiger partial charge in [0.15, 0.2) is 11.5 Å². The lowest BCUT2D eigenvalue weighted by Gasteiger charge is -2.24. The van der Waals surface area contributed by atoms with Crippen molar-refractivity contribution in [3.63, 3.8) is 0 Å². The number of sulfonamides is 1. The van der Waals surface area contributed by atoms with Gasteiger partial charge in [-0.05, 0) is 49.7 Å². The van der Waals surface area contributed by atoms with E-state index in [4.69, 9.17) is 9.47 Å². The van der Waals surface area contributed by atoms with Crippen LogP contribution in [0.3, 0.4) is 0 Å². The number of esters is 1. The maximum atomic E-state index is 13.2. The summed E-state index contributed by atoms with van der Waals surface area (Å²) in [5.74, 6) is 0.464. The summed E-state index contributed by atoms with van der Waals surface area (Å²) in [6, 6.07) is 13.7. The quantitative estimate of drug-likeness (QED) is 0.507. The molecule has 0 saturated carbocycles. The summed E-state index contributed by atoms with van der Waals surface area (Å²) >= 11 is 0. The van der Waals surface area contributed by atoms with E-state index in [0.717, 1.165) is 0 Å². The van der Waals surface area contributed by atoms with Gasteiger partial charge >= 0.3 is 5.97 Å². The lowest BCUT2D eigenvalue weighted by atomic mass is 10.2. The lowest BCUT2D eigenvalue weighted by Crippen LogP contribution is -2.36. The van der Waals surface area contributed by atoms with E-state index in [1.165, 1.54) is 11.4 Å². The molecule has 0 N–H and O–H groups in total. The zero-order valence-electron chi connectivity index (χ0n) is 18.6. The summed E-state index contributed by atoms with van der Waals surface area (Å²) in [6.45, 7) is 3.48. The average molecular weight is 471 g/mol. The molecule has 9 nitrogen and oxygen atoms in total. The molecule has 1 aliphatic rings. The fourth-order valence-electron chi connectivity index (χ4n) is 3.79. The minimum absolute atomic E-state index is 0.141. The van der Waals surface area contributed by atoms with E-state index in [9.17, 15) is 13.2 Å². The minimum atomic E-state index is -3.66. The molecule has 1 saturated heterocycles. The van der Waals surface area contributed by atoms with Crippen molar-refractivity contribution in [2.24, 2.45) is 0 Å². The summed E-state index contributed by atoms with van der Waals surface area (Å²) in [5.41, 5.74) is 1.40. The largest absolute Gasteiger partial charge is 0.497 e. The van der Waals surface area contributed by atoms with E-state index >= 15 is 0 Å². The van der Waals surface area contributed by atoms with Crippen molar-refractivity contribution in [3.8, 4) is 5.75 Å². The Hall–Kier alpha value is -3.24. The molecule has 10 heteroatoms. The third kappa shape index (κ3) is 4.76. The molecule has 0 radical (unpaired) electrons. The summed E-state index contributed by atoms with van der Waals surface area (Å²) in [6.07, 6.45) is 0.576. The molecule has 1 aliphatic heterocycles. The van der Waals surface area contributed by atoms with E-state index in [2.05, 4.69) is 9.97 Å². The number of anilines is 1. The van der Waals surface area contributed by atoms with Crippen LogP contribution in [0.15, 0.2) is 53.4 Å². The van der Waals surface area contributed by atoms with Gasteiger partial charge in [0.25, 0.3) is 0 Å². The highest BCUT2D eigenvalue weighted by atomic mass is 32.2. The van der Waals surface area contributed by atoms with E-state index in [-0.39, 0.29) is 23.7 Å². The minimum Gasteiger partial charge on any atom is -0.497 e. The number of para-hydroxylation sites is 2. The van der Waals surface area contributed by atoms with Crippen molar-refractivity contribution in [2.75, 3.05) is 44.8 Å². The van der Waals surface area contributed by atoms with Crippen LogP contribution in [0.1, 0.15) is 23.8 Å². The number of carbonyl (C=O) groups is 1. The second-order valence-corrected chi connectivity index (χ2v) is 9.46. The van der Waals surface area contributed by atoms with Crippen LogP contribution in [-0.2, 0) is 14.8 Å². The molecule has 1 aromatic heterocycles. The van der Waals surface area contributed by atoms with E-state index in [0.29, 0.717) is 48.7 Å². The molecule has 0 aliphatic carbocycles. The van der Waals surface area contributed by atoms with Crippen LogP contribution < -0.4 is 9.64 Å². The van der Waals surface area contributed by atoms with Gasteiger partial charge in [-0.2, -0.15) is 4.31 Å². The monoisotopic (exact) mass is 470 g/mol. The molecule has 33 heavy (non-hydrogen) atoms. The fraction of sp³-hybridized carbons (Fsp3) is 0.348. The van der Waals surface area contributed by atoms with Crippen LogP contribution in [0.2, 0.25) is 0 Å². The van der Waals surface area contributed by atoms with Crippen LogP contribution in [0.25, 0.3) is 11.0 Å². The Labute approximate surface area is 193 Å². The third-order valence-electron chi connectivity index (χ3n) is 5.47. The number of nitrogens with zero attached hydrogens (tertiary/aromatic N) is 4. The van der Waals surface area contributed by atoms with Crippen LogP contribution in [-0.4, -0.2) is 68.6 Å². The zero-order valence-corrected chi connectivity index (χ0v) is 19.4. The second-order valence-electron chi connectivity index (χ2n) is 7.53. The van der Waals surface area contributed by atoms with Gasteiger partial charge in [-0.3, -0.25) is 0 Å². The first-order valence-corrected chi connectivity index (χ1v) is 12.2. The molecule has 0 spiro atoms. The number of aromatic nitrogens is 2. The fourth-order valence-corrected chi connectivity index (χ4v) is 5.26. The normalized spacial score (nSPS) is 15.3. The highest BCUT2D eigenvalue weighted by molar-refractivity contribution is 7.89. The molecule has 0 amide bonds. The Morgan fingerprint density at radius 3 is 2.33 bits per heavy atom. The van der Waals surface area contributed by atoms with Gasteiger partial charge in [0.2, 0.25) is 10.0 Å². The average Bonchev–Trinajstić information content (AvgIpc) is 3.10. The number of ether oxygens (including phenoxy) is 2. The standard InChI is InChI=1S/C23H26N4O5S/c1-3-32-23(28)21-22(25-20-8-5-4-7-19(20)24-21)26-13-6-14-27(16-15-26)33(29,30)18-11-9-17(31-2)10-12-18/h4-5,7-12H,3,6,13-16H2,1-2H3. The Morgan fingerprint density at radius 1 is 0.970 bits per heavy atom. The summed E-state index contributed by atoms with van der Waals surface area (Å²) in [5, 5.41) is 0. The lowest BCUT2D eigenvalue weighted by molar-refractivity contribution is 0.0520. The molecule has 4 rings (SSSR count). The molecule has 0 bridgehead atoms. The Kier molecular flexibility index (Phi) is 6.75. The summed E-state index contributed by atoms with van der Waals surface area (Å²) < 4.78 is 38.2. The number of carbonyl (C=O) groups excluding carboxylic acids is 1. The van der Waals surface area contributed by atoms with Crippen molar-refractivity contribution in [1.82, 2.24) is 14.3 Å². The topological polar surface area (TPSA) is 102 Å². The first kappa shape index (κ1) is 22.9. The third-order valence-corrected chi connectivity index (χ3v) is 7.39. The molecule has 3 aromatic rings. The van der Waals surface area contributed by atoms with Crippen LogP contribution in [0.5, 0.6) is 5.75 Å². The Balaban J connectivity index is 1.61. The van der Waals surface area contributed by atoms with E-state index < -0.39 is 16.0 Å². The predicted molar refractivity (Wildman–Crippen MR) is 124 cm³/mol. The molecule has 1 fully saturated rings. The predicted octanol–water partition coefficient (Wildman–Crippen LogP) is 2.72. The molecular formula is C23H26N4O5S. The first-order valence-electron chi connectivity index (χ1n) is 10.8. The number of hydrogen-bond donors (Lipinski definition) is 0. The van der Waals surface area contributed by atoms with Gasteiger partial charge in [-0.1, -0.05) is 12.1 Å². The number of fused-ring (bicyclic) bond motifs is 1. The number of hydrogen-bond acceptors (Lipinski definition) is 8. The van der Waals surface area contributed by atoms with Crippen molar-refractivity contribution in [2.45, 2.75) is 18.2 Å². The molecule has 0 atom stereocenters. The van der Waals surface area contributed by atoms with E-state index in [1.54, 1.807) is 37.3 Å². The van der Waals surface area contributed by atoms with Gasteiger partial charge in [-0.25, -0.2) is 23.2 Å². The Bertz CT molecular complexity index is 1250. The Morgan fingerprint density at radius 2 is 1.67 bits per heavy atom. The number of rotatable bonds is 6. The van der Waals surface area contributed by atoms with E-state index in [1.807, 2.05) is 23.1 Å². The smallest absolute Gasteiger partial charge is 0.360 e. The van der Waals surface area contributed by atoms with Gasteiger partial charge in [-0.15, -0.1) is 0 Å². The molecular weight excluding hydrogens is 444 g/mol. The summed E-state index contributed by atoms with van der Waals surface area (Å²) in [7, 11) is -2.13. The highest BCUT2D eigenvalue weighted by Crippen LogP contribution is 2.25. The van der Waals surface area contributed by atoms with Crippen molar-refractivity contribution in [3.05, 3.63) is 54.2 Å². The van der Waals surface area contributed by atoms with Gasteiger partial charge in [0, 0.05) is 26.2 Å². The highest BCUT2D eigenvalue weighted by Gasteiger charge is 2.29. The van der Waals surface area contributed by atoms with Gasteiger partial charge in [0.05, 0.1) is 29.6 Å². The molecule has 174 valence electrons. The van der Waals surface area contributed by atoms with Gasteiger partial charge in [0.1, 0.15) is 5.75 Å². The maximum absolute atomic E-state index is 13.2. The zero-order chi connectivity index (χ0) is 23.4. The first-order chi connectivity index (χ1) is 15.9. The molecule has 2 aromatic carbocycles. The van der Waals surface area contributed by atoms with Crippen LogP contribution in [0, 0.1) is 0 Å². The number of benzene rings is 2. The van der Waals surface area contributed by atoms with Crippen LogP contribution in [0.4, 0.5) is 5.82 Å². The molecule has 2 heterocycles. The maximum Gasteiger partial charge on any atom is 0.360 e. The van der Waals surface area contributed by atoms with Crippen LogP contribution >= 0.6 is 0 Å². The van der Waals surface area contributed by atoms with Gasteiger partial charge < -0.3 is 14.4 Å². The van der Waals surface area contributed by atoms with Crippen molar-refractivity contribution >= 4 is 32.8 Å². The number of methoxy groups -OCH3 is 1. The molecule has 0 unspecified atom stereocenters. The van der Waals surface area contributed by atoms with Crippen molar-refractivity contribution in [1.29, 1.82) is 0 Å². The summed E-state index contributed by atoms with van der Waals surface area (Å²) in [4.78, 5) is 24.0.